The van der Waals surface area contributed by atoms with E-state index in [9.17, 15) is 9.18 Å². The quantitative estimate of drug-likeness (QED) is 0.443. The number of hydrogen-bond donors (Lipinski definition) is 1. The van der Waals surface area contributed by atoms with Crippen LogP contribution in [0.2, 0.25) is 0 Å². The molecule has 0 saturated heterocycles. The van der Waals surface area contributed by atoms with Crippen molar-refractivity contribution in [3.8, 4) is 21.9 Å². The summed E-state index contributed by atoms with van der Waals surface area (Å²) in [7, 11) is 0. The van der Waals surface area contributed by atoms with E-state index in [4.69, 9.17) is 0 Å². The van der Waals surface area contributed by atoms with Crippen molar-refractivity contribution < 1.29 is 9.18 Å². The Bertz CT molecular complexity index is 1330. The molecular weight excluding hydrogens is 415 g/mol. The van der Waals surface area contributed by atoms with E-state index in [1.54, 1.807) is 16.9 Å². The summed E-state index contributed by atoms with van der Waals surface area (Å²) in [6.07, 6.45) is 4.41. The Morgan fingerprint density at radius 2 is 1.90 bits per heavy atom. The topological polar surface area (TPSA) is 77.6 Å². The standard InChI is InChI=1S/C22H15FN6OS/c23-18-11-15(8-9-19(18)29-14-24-13-25-29)26-22(30)17-12-28(16-5-2-1-3-6-16)27-21(17)20-7-4-10-31-20/h1-14H,(H,26,30). The summed E-state index contributed by atoms with van der Waals surface area (Å²) in [5.74, 6) is -0.903. The van der Waals surface area contributed by atoms with Gasteiger partial charge in [-0.25, -0.2) is 18.7 Å². The summed E-state index contributed by atoms with van der Waals surface area (Å²) in [4.78, 5) is 17.8. The van der Waals surface area contributed by atoms with Crippen LogP contribution >= 0.6 is 11.3 Å². The van der Waals surface area contributed by atoms with Crippen LogP contribution in [-0.2, 0) is 0 Å². The second-order valence-corrected chi connectivity index (χ2v) is 7.56. The number of thiophene rings is 1. The third-order valence-electron chi connectivity index (χ3n) is 4.61. The van der Waals surface area contributed by atoms with Crippen molar-refractivity contribution in [2.24, 2.45) is 0 Å². The zero-order valence-electron chi connectivity index (χ0n) is 16.0. The normalized spacial score (nSPS) is 10.9. The molecule has 7 nitrogen and oxygen atoms in total. The zero-order chi connectivity index (χ0) is 21.2. The maximum Gasteiger partial charge on any atom is 0.259 e. The van der Waals surface area contributed by atoms with E-state index in [1.165, 1.54) is 40.8 Å². The molecule has 0 aliphatic heterocycles. The van der Waals surface area contributed by atoms with Crippen LogP contribution in [0.25, 0.3) is 21.9 Å². The van der Waals surface area contributed by atoms with Gasteiger partial charge < -0.3 is 5.32 Å². The maximum atomic E-state index is 14.5. The Balaban J connectivity index is 1.48. The van der Waals surface area contributed by atoms with Crippen LogP contribution in [0.15, 0.2) is 84.9 Å². The van der Waals surface area contributed by atoms with Gasteiger partial charge in [0.05, 0.1) is 16.1 Å². The molecule has 0 radical (unpaired) electrons. The lowest BCUT2D eigenvalue weighted by Crippen LogP contribution is -2.12. The molecule has 0 aliphatic rings. The molecule has 5 aromatic rings. The lowest BCUT2D eigenvalue weighted by atomic mass is 10.2. The fourth-order valence-electron chi connectivity index (χ4n) is 3.15. The molecule has 9 heteroatoms. The number of carbonyl (C=O) groups excluding carboxylic acids is 1. The van der Waals surface area contributed by atoms with E-state index in [2.05, 4.69) is 20.5 Å². The van der Waals surface area contributed by atoms with Gasteiger partial charge in [-0.05, 0) is 41.8 Å². The number of anilines is 1. The zero-order valence-corrected chi connectivity index (χ0v) is 16.8. The molecule has 0 fully saturated rings. The number of nitrogens with zero attached hydrogens (tertiary/aromatic N) is 5. The van der Waals surface area contributed by atoms with Gasteiger partial charge in [-0.15, -0.1) is 11.3 Å². The van der Waals surface area contributed by atoms with Crippen LogP contribution in [0.1, 0.15) is 10.4 Å². The average molecular weight is 430 g/mol. The van der Waals surface area contributed by atoms with E-state index >= 15 is 0 Å². The second-order valence-electron chi connectivity index (χ2n) is 6.61. The van der Waals surface area contributed by atoms with Gasteiger partial charge in [0.25, 0.3) is 5.91 Å². The summed E-state index contributed by atoms with van der Waals surface area (Å²) in [5, 5.41) is 13.2. The molecular formula is C22H15FN6OS. The number of para-hydroxylation sites is 1. The molecule has 3 heterocycles. The van der Waals surface area contributed by atoms with Crippen LogP contribution in [0.5, 0.6) is 0 Å². The summed E-state index contributed by atoms with van der Waals surface area (Å²) in [6.45, 7) is 0. The van der Waals surface area contributed by atoms with Crippen LogP contribution in [0.4, 0.5) is 10.1 Å². The molecule has 0 spiro atoms. The highest BCUT2D eigenvalue weighted by Crippen LogP contribution is 2.28. The molecule has 1 amide bonds. The molecule has 1 N–H and O–H groups in total. The highest BCUT2D eigenvalue weighted by Gasteiger charge is 2.20. The first-order chi connectivity index (χ1) is 15.2. The van der Waals surface area contributed by atoms with Gasteiger partial charge in [-0.3, -0.25) is 4.79 Å². The van der Waals surface area contributed by atoms with E-state index in [-0.39, 0.29) is 11.6 Å². The number of aromatic nitrogens is 5. The van der Waals surface area contributed by atoms with Crippen molar-refractivity contribution in [2.45, 2.75) is 0 Å². The highest BCUT2D eigenvalue weighted by molar-refractivity contribution is 7.13. The predicted molar refractivity (Wildman–Crippen MR) is 116 cm³/mol. The number of hydrogen-bond acceptors (Lipinski definition) is 5. The Labute approximate surface area is 180 Å². The first-order valence-corrected chi connectivity index (χ1v) is 10.2. The number of halogens is 1. The van der Waals surface area contributed by atoms with E-state index in [1.807, 2.05) is 47.8 Å². The fraction of sp³-hybridized carbons (Fsp3) is 0. The van der Waals surface area contributed by atoms with Gasteiger partial charge in [0.15, 0.2) is 5.82 Å². The van der Waals surface area contributed by atoms with Gasteiger partial charge in [0.1, 0.15) is 24.0 Å². The molecule has 31 heavy (non-hydrogen) atoms. The van der Waals surface area contributed by atoms with Gasteiger partial charge in [0, 0.05) is 11.9 Å². The molecule has 152 valence electrons. The number of benzene rings is 2. The number of rotatable bonds is 5. The Hall–Kier alpha value is -4.11. The minimum absolute atomic E-state index is 0.242. The van der Waals surface area contributed by atoms with Crippen LogP contribution in [0.3, 0.4) is 0 Å². The Kier molecular flexibility index (Phi) is 4.85. The molecule has 0 aliphatic carbocycles. The van der Waals surface area contributed by atoms with Gasteiger partial charge in [0.2, 0.25) is 0 Å². The molecule has 0 saturated carbocycles. The number of carbonyl (C=O) groups is 1. The summed E-state index contributed by atoms with van der Waals surface area (Å²) in [5.41, 5.74) is 2.37. The molecule has 2 aromatic carbocycles. The van der Waals surface area contributed by atoms with E-state index < -0.39 is 5.82 Å². The average Bonchev–Trinajstić information content (AvgIpc) is 3.55. The number of amides is 1. The SMILES string of the molecule is O=C(Nc1ccc(-n2cncn2)c(F)c1)c1cn(-c2ccccc2)nc1-c1cccs1. The largest absolute Gasteiger partial charge is 0.322 e. The Morgan fingerprint density at radius 1 is 1.03 bits per heavy atom. The summed E-state index contributed by atoms with van der Waals surface area (Å²) < 4.78 is 17.5. The lowest BCUT2D eigenvalue weighted by Gasteiger charge is -2.08. The van der Waals surface area contributed by atoms with Crippen molar-refractivity contribution in [3.05, 3.63) is 96.3 Å². The van der Waals surface area contributed by atoms with Crippen LogP contribution in [-0.4, -0.2) is 30.5 Å². The number of nitrogens with one attached hydrogen (secondary N) is 1. The molecule has 0 bridgehead atoms. The fourth-order valence-corrected chi connectivity index (χ4v) is 3.87. The van der Waals surface area contributed by atoms with Crippen molar-refractivity contribution in [3.63, 3.8) is 0 Å². The van der Waals surface area contributed by atoms with Gasteiger partial charge in [-0.2, -0.15) is 10.2 Å². The smallest absolute Gasteiger partial charge is 0.259 e. The van der Waals surface area contributed by atoms with Crippen molar-refractivity contribution >= 4 is 22.9 Å². The third kappa shape index (κ3) is 3.74. The summed E-state index contributed by atoms with van der Waals surface area (Å²) in [6, 6.07) is 17.8. The van der Waals surface area contributed by atoms with Crippen molar-refractivity contribution in [1.29, 1.82) is 0 Å². The monoisotopic (exact) mass is 430 g/mol. The molecule has 0 atom stereocenters. The first-order valence-electron chi connectivity index (χ1n) is 9.34. The van der Waals surface area contributed by atoms with E-state index in [0.29, 0.717) is 16.9 Å². The lowest BCUT2D eigenvalue weighted by molar-refractivity contribution is 0.102. The molecule has 5 rings (SSSR count). The Morgan fingerprint density at radius 3 is 2.61 bits per heavy atom. The van der Waals surface area contributed by atoms with Gasteiger partial charge >= 0.3 is 0 Å². The van der Waals surface area contributed by atoms with Crippen molar-refractivity contribution in [1.82, 2.24) is 24.5 Å². The van der Waals surface area contributed by atoms with Crippen LogP contribution in [0, 0.1) is 5.82 Å². The third-order valence-corrected chi connectivity index (χ3v) is 5.48. The minimum atomic E-state index is -0.526. The molecule has 3 aromatic heterocycles. The van der Waals surface area contributed by atoms with Crippen molar-refractivity contribution in [2.75, 3.05) is 5.32 Å². The predicted octanol–water partition coefficient (Wildman–Crippen LogP) is 4.57. The molecule has 0 unspecified atom stereocenters. The van der Waals surface area contributed by atoms with E-state index in [0.717, 1.165) is 10.6 Å². The van der Waals surface area contributed by atoms with Crippen LogP contribution < -0.4 is 5.32 Å². The van der Waals surface area contributed by atoms with Gasteiger partial charge in [-0.1, -0.05) is 24.3 Å². The highest BCUT2D eigenvalue weighted by atomic mass is 32.1. The maximum absolute atomic E-state index is 14.5. The first kappa shape index (κ1) is 18.9. The summed E-state index contributed by atoms with van der Waals surface area (Å²) >= 11 is 1.49. The minimum Gasteiger partial charge on any atom is -0.322 e. The second kappa shape index (κ2) is 7.96.